The summed E-state index contributed by atoms with van der Waals surface area (Å²) < 4.78 is 10.3. The number of hydrogen-bond acceptors (Lipinski definition) is 8. The second kappa shape index (κ2) is 11.8. The number of ether oxygens (including phenoxy) is 2. The van der Waals surface area contributed by atoms with E-state index in [0.29, 0.717) is 28.3 Å². The normalized spacial score (nSPS) is 15.3. The van der Waals surface area contributed by atoms with E-state index in [1.54, 1.807) is 30.3 Å². The molecular weight excluding hydrogens is 490 g/mol. The molecule has 3 aromatic rings. The molecule has 11 heteroatoms. The van der Waals surface area contributed by atoms with E-state index in [9.17, 15) is 19.2 Å². The van der Waals surface area contributed by atoms with Gasteiger partial charge < -0.3 is 30.8 Å². The van der Waals surface area contributed by atoms with Crippen LogP contribution in [-0.4, -0.2) is 45.9 Å². The summed E-state index contributed by atoms with van der Waals surface area (Å²) in [5.41, 5.74) is 8.80. The monoisotopic (exact) mass is 521 g/mol. The number of esters is 2. The Bertz CT molecular complexity index is 1330. The summed E-state index contributed by atoms with van der Waals surface area (Å²) in [7, 11) is 0. The lowest BCUT2D eigenvalue weighted by Crippen LogP contribution is -2.49. The third-order valence-electron chi connectivity index (χ3n) is 6.40. The molecule has 200 valence electrons. The molecule has 2 amide bonds. The van der Waals surface area contributed by atoms with Gasteiger partial charge in [-0.1, -0.05) is 31.4 Å². The number of hydrogen-bond donors (Lipinski definition) is 4. The number of nitrogens with two attached hydrogens (primary N) is 1. The average Bonchev–Trinajstić information content (AvgIpc) is 3.26. The van der Waals surface area contributed by atoms with Crippen LogP contribution < -0.4 is 16.4 Å². The molecule has 5 N–H and O–H groups in total. The quantitative estimate of drug-likeness (QED) is 0.326. The van der Waals surface area contributed by atoms with Gasteiger partial charge in [0.1, 0.15) is 0 Å². The first-order valence-electron chi connectivity index (χ1n) is 12.5. The smallest absolute Gasteiger partial charge is 0.303 e. The lowest BCUT2D eigenvalue weighted by Gasteiger charge is -2.25. The summed E-state index contributed by atoms with van der Waals surface area (Å²) in [6.45, 7) is 2.19. The number of aromatic nitrogens is 2. The molecule has 1 fully saturated rings. The maximum Gasteiger partial charge on any atom is 0.303 e. The minimum absolute atomic E-state index is 0.208. The molecule has 11 nitrogen and oxygen atoms in total. The number of nitrogens with one attached hydrogen (secondary N) is 3. The predicted molar refractivity (Wildman–Crippen MR) is 141 cm³/mol. The predicted octanol–water partition coefficient (Wildman–Crippen LogP) is 3.63. The van der Waals surface area contributed by atoms with Crippen LogP contribution in [-0.2, 0) is 28.7 Å². The van der Waals surface area contributed by atoms with Crippen LogP contribution in [0, 0.1) is 0 Å². The molecule has 0 radical (unpaired) electrons. The summed E-state index contributed by atoms with van der Waals surface area (Å²) >= 11 is 0. The average molecular weight is 522 g/mol. The second-order valence-electron chi connectivity index (χ2n) is 9.35. The van der Waals surface area contributed by atoms with Crippen molar-refractivity contribution in [3.63, 3.8) is 0 Å². The van der Waals surface area contributed by atoms with Crippen LogP contribution in [0.1, 0.15) is 57.4 Å². The van der Waals surface area contributed by atoms with E-state index in [4.69, 9.17) is 15.2 Å². The fraction of sp³-hybridized carbons (Fsp3) is 0.370. The Labute approximate surface area is 219 Å². The third kappa shape index (κ3) is 6.67. The van der Waals surface area contributed by atoms with Gasteiger partial charge in [0.05, 0.1) is 11.0 Å². The van der Waals surface area contributed by atoms with Crippen LogP contribution in [0.5, 0.6) is 0 Å². The molecule has 1 aliphatic carbocycles. The number of anilines is 3. The van der Waals surface area contributed by atoms with Gasteiger partial charge in [0, 0.05) is 25.2 Å². The zero-order valence-corrected chi connectivity index (χ0v) is 21.3. The highest BCUT2D eigenvalue weighted by molar-refractivity contribution is 6.04. The van der Waals surface area contributed by atoms with Crippen LogP contribution >= 0.6 is 0 Å². The van der Waals surface area contributed by atoms with Crippen LogP contribution in [0.2, 0.25) is 0 Å². The van der Waals surface area contributed by atoms with E-state index >= 15 is 0 Å². The highest BCUT2D eigenvalue weighted by Gasteiger charge is 2.39. The Hall–Kier alpha value is -4.41. The number of carbonyl (C=O) groups excluding carboxylic acids is 4. The molecular formula is C27H31N5O6. The fourth-order valence-electron chi connectivity index (χ4n) is 4.67. The van der Waals surface area contributed by atoms with Crippen LogP contribution in [0.25, 0.3) is 11.0 Å². The van der Waals surface area contributed by atoms with Crippen molar-refractivity contribution < 1.29 is 28.7 Å². The third-order valence-corrected chi connectivity index (χ3v) is 6.40. The van der Waals surface area contributed by atoms with Gasteiger partial charge in [-0.25, -0.2) is 4.98 Å². The van der Waals surface area contributed by atoms with Gasteiger partial charge in [0.15, 0.2) is 5.95 Å². The number of carbonyl (C=O) groups is 4. The minimum Gasteiger partial charge on any atom is -0.448 e. The first kappa shape index (κ1) is 26.6. The van der Waals surface area contributed by atoms with Gasteiger partial charge in [-0.05, 0) is 54.7 Å². The van der Waals surface area contributed by atoms with Crippen LogP contribution in [0.4, 0.5) is 17.3 Å². The summed E-state index contributed by atoms with van der Waals surface area (Å²) in [4.78, 5) is 57.0. The Morgan fingerprint density at radius 2 is 1.42 bits per heavy atom. The number of amides is 2. The number of nitrogens with zero attached hydrogens (tertiary/aromatic N) is 1. The van der Waals surface area contributed by atoms with Crippen molar-refractivity contribution in [1.29, 1.82) is 0 Å². The van der Waals surface area contributed by atoms with Gasteiger partial charge in [0.25, 0.3) is 11.8 Å². The molecule has 0 spiro atoms. The lowest BCUT2D eigenvalue weighted by atomic mass is 9.84. The van der Waals surface area contributed by atoms with E-state index < -0.39 is 36.0 Å². The molecule has 0 saturated heterocycles. The van der Waals surface area contributed by atoms with Crippen molar-refractivity contribution in [1.82, 2.24) is 9.97 Å². The van der Waals surface area contributed by atoms with Gasteiger partial charge in [-0.15, -0.1) is 0 Å². The molecule has 0 aliphatic heterocycles. The highest BCUT2D eigenvalue weighted by Crippen LogP contribution is 2.33. The number of nitrogen functional groups attached to an aromatic ring is 1. The molecule has 4 rings (SSSR count). The topological polar surface area (TPSA) is 166 Å². The number of rotatable bonds is 8. The van der Waals surface area contributed by atoms with Crippen molar-refractivity contribution in [3.05, 3.63) is 48.0 Å². The first-order chi connectivity index (χ1) is 18.2. The molecule has 1 unspecified atom stereocenters. The molecule has 1 saturated carbocycles. The molecule has 1 heterocycles. The number of benzene rings is 2. The van der Waals surface area contributed by atoms with Crippen LogP contribution in [0.3, 0.4) is 0 Å². The Kier molecular flexibility index (Phi) is 8.25. The van der Waals surface area contributed by atoms with E-state index in [0.717, 1.165) is 26.7 Å². The van der Waals surface area contributed by atoms with Crippen molar-refractivity contribution in [2.75, 3.05) is 16.4 Å². The minimum atomic E-state index is -1.75. The first-order valence-corrected chi connectivity index (χ1v) is 12.5. The summed E-state index contributed by atoms with van der Waals surface area (Å²) in [5.74, 6) is -2.62. The summed E-state index contributed by atoms with van der Waals surface area (Å²) in [6.07, 6.45) is 2.46. The number of imidazole rings is 1. The lowest BCUT2D eigenvalue weighted by molar-refractivity contribution is -0.171. The number of fused-ring (bicyclic) bond motifs is 1. The van der Waals surface area contributed by atoms with Crippen molar-refractivity contribution >= 4 is 52.1 Å². The van der Waals surface area contributed by atoms with Gasteiger partial charge in [-0.3, -0.25) is 19.2 Å². The molecule has 2 aromatic carbocycles. The molecule has 0 bridgehead atoms. The van der Waals surface area contributed by atoms with Crippen LogP contribution in [0.15, 0.2) is 42.5 Å². The Morgan fingerprint density at radius 1 is 0.868 bits per heavy atom. The molecule has 1 aliphatic rings. The van der Waals surface area contributed by atoms with Crippen molar-refractivity contribution in [2.24, 2.45) is 0 Å². The highest BCUT2D eigenvalue weighted by atomic mass is 16.6. The summed E-state index contributed by atoms with van der Waals surface area (Å²) in [6, 6.07) is 12.2. The SMILES string of the molecule is CC(=O)OC(C(=O)Nc1ccc(C2CCCCC2)cc1)[C@@H](OC(C)=O)C(=O)Nc1ccc2nc(N)[nH]c2c1. The fourth-order valence-corrected chi connectivity index (χ4v) is 4.67. The largest absolute Gasteiger partial charge is 0.448 e. The Morgan fingerprint density at radius 3 is 2.00 bits per heavy atom. The second-order valence-corrected chi connectivity index (χ2v) is 9.35. The van der Waals surface area contributed by atoms with E-state index in [2.05, 4.69) is 20.6 Å². The van der Waals surface area contributed by atoms with Gasteiger partial charge >= 0.3 is 11.9 Å². The van der Waals surface area contributed by atoms with E-state index in [1.165, 1.54) is 24.8 Å². The van der Waals surface area contributed by atoms with E-state index in [1.807, 2.05) is 12.1 Å². The maximum atomic E-state index is 13.2. The standard InChI is InChI=1S/C27H31N5O6/c1-15(33)37-23(25(35)29-19-10-8-18(9-11-19)17-6-4-3-5-7-17)24(38-16(2)34)26(36)30-20-12-13-21-22(14-20)32-27(28)31-21/h8-14,17,23-24H,3-7H2,1-2H3,(H,29,35)(H,30,36)(H3,28,31,32)/t23?,24-/m1/s1. The number of H-pyrrole nitrogens is 1. The molecule has 38 heavy (non-hydrogen) atoms. The van der Waals surface area contributed by atoms with E-state index in [-0.39, 0.29) is 5.95 Å². The van der Waals surface area contributed by atoms with Gasteiger partial charge in [0.2, 0.25) is 12.2 Å². The van der Waals surface area contributed by atoms with Gasteiger partial charge in [-0.2, -0.15) is 0 Å². The zero-order valence-electron chi connectivity index (χ0n) is 21.3. The number of aromatic amines is 1. The van der Waals surface area contributed by atoms with Crippen molar-refractivity contribution in [3.8, 4) is 0 Å². The molecule has 2 atom stereocenters. The maximum absolute atomic E-state index is 13.2. The Balaban J connectivity index is 1.52. The molecule has 1 aromatic heterocycles. The summed E-state index contributed by atoms with van der Waals surface area (Å²) in [5, 5.41) is 5.25. The van der Waals surface area contributed by atoms with Crippen molar-refractivity contribution in [2.45, 2.75) is 64.1 Å². The zero-order chi connectivity index (χ0) is 27.2.